The molecule has 1 unspecified atom stereocenters. The molecule has 0 bridgehead atoms. The predicted octanol–water partition coefficient (Wildman–Crippen LogP) is 0.799. The second kappa shape index (κ2) is 6.80. The maximum Gasteiger partial charge on any atom is 0.236 e. The first-order chi connectivity index (χ1) is 7.24. The molecule has 0 radical (unpaired) electrons. The lowest BCUT2D eigenvalue weighted by atomic mass is 10.2. The molecule has 1 rings (SSSR count). The maximum absolute atomic E-state index is 11.3. The largest absolute Gasteiger partial charge is 0.376 e. The van der Waals surface area contributed by atoms with Crippen molar-refractivity contribution in [3.8, 4) is 0 Å². The third-order valence-corrected chi connectivity index (χ3v) is 2.83. The minimum atomic E-state index is -0.378. The van der Waals surface area contributed by atoms with Crippen LogP contribution in [0.25, 0.3) is 0 Å². The Hall–Kier alpha value is -0.610. The summed E-state index contributed by atoms with van der Waals surface area (Å²) in [5.74, 6) is -0.0764. The molecule has 88 valence electrons. The second-order valence-electron chi connectivity index (χ2n) is 4.08. The Morgan fingerprint density at radius 1 is 1.53 bits per heavy atom. The monoisotopic (exact) mass is 214 g/mol. The average molecular weight is 214 g/mol. The van der Waals surface area contributed by atoms with Crippen molar-refractivity contribution in [3.05, 3.63) is 0 Å². The van der Waals surface area contributed by atoms with E-state index in [-0.39, 0.29) is 11.9 Å². The van der Waals surface area contributed by atoms with Gasteiger partial charge in [-0.05, 0) is 19.3 Å². The standard InChI is InChI=1S/C11H22N2O2/c1-2-10(12)11(14)13-7-8-15-9-5-3-4-6-9/h9-10H,2-8,12H2,1H3,(H,13,14). The molecular weight excluding hydrogens is 192 g/mol. The molecular formula is C11H22N2O2. The molecule has 1 amide bonds. The van der Waals surface area contributed by atoms with Crippen LogP contribution in [0.4, 0.5) is 0 Å². The summed E-state index contributed by atoms with van der Waals surface area (Å²) in [5, 5.41) is 2.77. The molecule has 1 aliphatic rings. The van der Waals surface area contributed by atoms with Gasteiger partial charge >= 0.3 is 0 Å². The Morgan fingerprint density at radius 2 is 2.20 bits per heavy atom. The number of amides is 1. The van der Waals surface area contributed by atoms with E-state index in [0.717, 1.165) is 0 Å². The molecule has 1 aliphatic carbocycles. The van der Waals surface area contributed by atoms with Gasteiger partial charge in [-0.1, -0.05) is 19.8 Å². The second-order valence-corrected chi connectivity index (χ2v) is 4.08. The van der Waals surface area contributed by atoms with Crippen molar-refractivity contribution in [2.24, 2.45) is 5.73 Å². The Labute approximate surface area is 91.5 Å². The van der Waals surface area contributed by atoms with Gasteiger partial charge in [0.1, 0.15) is 0 Å². The van der Waals surface area contributed by atoms with E-state index in [1.807, 2.05) is 6.92 Å². The number of nitrogens with two attached hydrogens (primary N) is 1. The van der Waals surface area contributed by atoms with E-state index >= 15 is 0 Å². The van der Waals surface area contributed by atoms with Crippen LogP contribution >= 0.6 is 0 Å². The average Bonchev–Trinajstić information content (AvgIpc) is 2.75. The van der Waals surface area contributed by atoms with E-state index in [9.17, 15) is 4.79 Å². The first-order valence-electron chi connectivity index (χ1n) is 5.89. The number of hydrogen-bond acceptors (Lipinski definition) is 3. The summed E-state index contributed by atoms with van der Waals surface area (Å²) < 4.78 is 5.61. The SMILES string of the molecule is CCC(N)C(=O)NCCOC1CCCC1. The fourth-order valence-corrected chi connectivity index (χ4v) is 1.77. The number of carbonyl (C=O) groups excluding carboxylic acids is 1. The van der Waals surface area contributed by atoms with Gasteiger partial charge in [-0.2, -0.15) is 0 Å². The fourth-order valence-electron chi connectivity index (χ4n) is 1.77. The van der Waals surface area contributed by atoms with Gasteiger partial charge < -0.3 is 15.8 Å². The quantitative estimate of drug-likeness (QED) is 0.643. The summed E-state index contributed by atoms with van der Waals surface area (Å²) in [4.78, 5) is 11.3. The Morgan fingerprint density at radius 3 is 2.80 bits per heavy atom. The number of nitrogens with one attached hydrogen (secondary N) is 1. The molecule has 1 fully saturated rings. The smallest absolute Gasteiger partial charge is 0.236 e. The van der Waals surface area contributed by atoms with E-state index in [2.05, 4.69) is 5.32 Å². The third kappa shape index (κ3) is 4.62. The topological polar surface area (TPSA) is 64.4 Å². The zero-order valence-electron chi connectivity index (χ0n) is 9.50. The van der Waals surface area contributed by atoms with Crippen molar-refractivity contribution in [1.82, 2.24) is 5.32 Å². The molecule has 4 heteroatoms. The summed E-state index contributed by atoms with van der Waals surface area (Å²) in [6.45, 7) is 3.08. The molecule has 0 aromatic carbocycles. The molecule has 0 saturated heterocycles. The third-order valence-electron chi connectivity index (χ3n) is 2.83. The highest BCUT2D eigenvalue weighted by molar-refractivity contribution is 5.81. The Balaban J connectivity index is 1.98. The van der Waals surface area contributed by atoms with Crippen LogP contribution in [0.5, 0.6) is 0 Å². The first-order valence-corrected chi connectivity index (χ1v) is 5.89. The summed E-state index contributed by atoms with van der Waals surface area (Å²) in [6, 6.07) is -0.378. The molecule has 1 saturated carbocycles. The van der Waals surface area contributed by atoms with Crippen LogP contribution in [-0.4, -0.2) is 31.2 Å². The van der Waals surface area contributed by atoms with Crippen molar-refractivity contribution in [2.75, 3.05) is 13.2 Å². The van der Waals surface area contributed by atoms with Gasteiger partial charge in [0.15, 0.2) is 0 Å². The minimum Gasteiger partial charge on any atom is -0.376 e. The number of carbonyl (C=O) groups is 1. The van der Waals surface area contributed by atoms with Crippen molar-refractivity contribution < 1.29 is 9.53 Å². The molecule has 0 aromatic rings. The lowest BCUT2D eigenvalue weighted by Gasteiger charge is -2.13. The zero-order valence-corrected chi connectivity index (χ0v) is 9.50. The summed E-state index contributed by atoms with van der Waals surface area (Å²) in [5.41, 5.74) is 5.57. The Kier molecular flexibility index (Phi) is 5.65. The van der Waals surface area contributed by atoms with E-state index in [1.54, 1.807) is 0 Å². The highest BCUT2D eigenvalue weighted by Crippen LogP contribution is 2.20. The van der Waals surface area contributed by atoms with Crippen LogP contribution in [0, 0.1) is 0 Å². The van der Waals surface area contributed by atoms with Gasteiger partial charge in [-0.15, -0.1) is 0 Å². The van der Waals surface area contributed by atoms with Crippen LogP contribution < -0.4 is 11.1 Å². The van der Waals surface area contributed by atoms with Crippen molar-refractivity contribution in [2.45, 2.75) is 51.2 Å². The highest BCUT2D eigenvalue weighted by Gasteiger charge is 2.15. The Bertz CT molecular complexity index is 191. The molecule has 0 heterocycles. The van der Waals surface area contributed by atoms with Gasteiger partial charge in [-0.3, -0.25) is 4.79 Å². The van der Waals surface area contributed by atoms with E-state index in [4.69, 9.17) is 10.5 Å². The van der Waals surface area contributed by atoms with Crippen LogP contribution in [0.1, 0.15) is 39.0 Å². The van der Waals surface area contributed by atoms with Gasteiger partial charge in [0.05, 0.1) is 18.8 Å². The normalized spacial score (nSPS) is 19.1. The summed E-state index contributed by atoms with van der Waals surface area (Å²) in [7, 11) is 0. The molecule has 0 aromatic heterocycles. The predicted molar refractivity (Wildman–Crippen MR) is 59.5 cm³/mol. The molecule has 1 atom stereocenters. The number of rotatable bonds is 6. The first kappa shape index (κ1) is 12.5. The molecule has 15 heavy (non-hydrogen) atoms. The molecule has 0 spiro atoms. The van der Waals surface area contributed by atoms with Gasteiger partial charge in [0.2, 0.25) is 5.91 Å². The molecule has 4 nitrogen and oxygen atoms in total. The fraction of sp³-hybridized carbons (Fsp3) is 0.909. The minimum absolute atomic E-state index is 0.0764. The van der Waals surface area contributed by atoms with Gasteiger partial charge in [0.25, 0.3) is 0 Å². The van der Waals surface area contributed by atoms with E-state index in [0.29, 0.717) is 25.7 Å². The van der Waals surface area contributed by atoms with E-state index < -0.39 is 0 Å². The lowest BCUT2D eigenvalue weighted by Crippen LogP contribution is -2.41. The maximum atomic E-state index is 11.3. The van der Waals surface area contributed by atoms with Crippen molar-refractivity contribution >= 4 is 5.91 Å². The number of hydrogen-bond donors (Lipinski definition) is 2. The lowest BCUT2D eigenvalue weighted by molar-refractivity contribution is -0.122. The molecule has 0 aliphatic heterocycles. The van der Waals surface area contributed by atoms with Gasteiger partial charge in [-0.25, -0.2) is 0 Å². The van der Waals surface area contributed by atoms with Gasteiger partial charge in [0, 0.05) is 6.54 Å². The van der Waals surface area contributed by atoms with Crippen molar-refractivity contribution in [3.63, 3.8) is 0 Å². The number of ether oxygens (including phenoxy) is 1. The summed E-state index contributed by atoms with van der Waals surface area (Å²) >= 11 is 0. The van der Waals surface area contributed by atoms with Crippen LogP contribution in [0.3, 0.4) is 0 Å². The zero-order chi connectivity index (χ0) is 11.1. The van der Waals surface area contributed by atoms with Crippen molar-refractivity contribution in [1.29, 1.82) is 0 Å². The van der Waals surface area contributed by atoms with Crippen LogP contribution in [-0.2, 0) is 9.53 Å². The van der Waals surface area contributed by atoms with Crippen LogP contribution in [0.2, 0.25) is 0 Å². The van der Waals surface area contributed by atoms with Crippen LogP contribution in [0.15, 0.2) is 0 Å². The highest BCUT2D eigenvalue weighted by atomic mass is 16.5. The molecule has 3 N–H and O–H groups in total. The van der Waals surface area contributed by atoms with E-state index in [1.165, 1.54) is 25.7 Å². The summed E-state index contributed by atoms with van der Waals surface area (Å²) in [6.07, 6.45) is 5.98.